The number of rotatable bonds is 6. The second kappa shape index (κ2) is 10.5. The Balaban J connectivity index is 1.26. The lowest BCUT2D eigenvalue weighted by Crippen LogP contribution is -2.57. The predicted octanol–water partition coefficient (Wildman–Crippen LogP) is 4.75. The van der Waals surface area contributed by atoms with E-state index in [1.807, 2.05) is 58.3 Å². The highest BCUT2D eigenvalue weighted by molar-refractivity contribution is 5.98. The summed E-state index contributed by atoms with van der Waals surface area (Å²) in [5, 5.41) is 4.00. The number of carbonyl (C=O) groups excluding carboxylic acids is 2. The van der Waals surface area contributed by atoms with Gasteiger partial charge < -0.3 is 28.8 Å². The molecule has 4 aromatic rings. The lowest BCUT2D eigenvalue weighted by Gasteiger charge is -2.38. The average molecular weight is 559 g/mol. The number of fused-ring (bicyclic) bond motifs is 2. The number of alkyl carbamates (subject to hydrolysis) is 1. The van der Waals surface area contributed by atoms with Gasteiger partial charge in [-0.25, -0.2) is 14.8 Å². The highest BCUT2D eigenvalue weighted by Gasteiger charge is 2.34. The molecule has 10 nitrogen and oxygen atoms in total. The molecule has 3 aromatic heterocycles. The van der Waals surface area contributed by atoms with Crippen molar-refractivity contribution in [3.63, 3.8) is 0 Å². The smallest absolute Gasteiger partial charge is 0.408 e. The van der Waals surface area contributed by atoms with E-state index in [-0.39, 0.29) is 18.1 Å². The Morgan fingerprint density at radius 1 is 1.12 bits per heavy atom. The molecular weight excluding hydrogens is 520 g/mol. The van der Waals surface area contributed by atoms with Crippen LogP contribution in [0.1, 0.15) is 50.4 Å². The first-order valence-corrected chi connectivity index (χ1v) is 14.3. The lowest BCUT2D eigenvalue weighted by atomic mass is 10.0. The minimum Gasteiger partial charge on any atom is -0.444 e. The number of aryl methyl sites for hydroxylation is 1. The zero-order chi connectivity index (χ0) is 28.9. The topological polar surface area (TPSA) is 104 Å². The van der Waals surface area contributed by atoms with Gasteiger partial charge in [0.2, 0.25) is 0 Å². The summed E-state index contributed by atoms with van der Waals surface area (Å²) in [5.41, 5.74) is 3.68. The summed E-state index contributed by atoms with van der Waals surface area (Å²) in [6, 6.07) is 11.5. The van der Waals surface area contributed by atoms with Gasteiger partial charge in [0.05, 0.1) is 28.9 Å². The highest BCUT2D eigenvalue weighted by atomic mass is 16.6. The molecule has 1 aromatic carbocycles. The van der Waals surface area contributed by atoms with Crippen molar-refractivity contribution in [2.24, 2.45) is 13.0 Å². The highest BCUT2D eigenvalue weighted by Crippen LogP contribution is 2.36. The molecule has 1 saturated heterocycles. The Kier molecular flexibility index (Phi) is 6.97. The molecule has 0 spiro atoms. The molecule has 10 heteroatoms. The molecule has 216 valence electrons. The van der Waals surface area contributed by atoms with Crippen molar-refractivity contribution < 1.29 is 19.1 Å². The normalized spacial score (nSPS) is 19.6. The number of benzene rings is 1. The number of ether oxygens (including phenoxy) is 2. The predicted molar refractivity (Wildman–Crippen MR) is 157 cm³/mol. The largest absolute Gasteiger partial charge is 0.444 e. The van der Waals surface area contributed by atoms with Gasteiger partial charge in [-0.15, -0.1) is 0 Å². The van der Waals surface area contributed by atoms with Gasteiger partial charge in [-0.1, -0.05) is 0 Å². The third-order valence-corrected chi connectivity index (χ3v) is 7.99. The van der Waals surface area contributed by atoms with Gasteiger partial charge in [-0.05, 0) is 82.3 Å². The van der Waals surface area contributed by atoms with Crippen molar-refractivity contribution in [3.8, 4) is 11.5 Å². The summed E-state index contributed by atoms with van der Waals surface area (Å²) in [7, 11) is 3.64. The van der Waals surface area contributed by atoms with E-state index < -0.39 is 11.7 Å². The molecule has 1 N–H and O–H groups in total. The van der Waals surface area contributed by atoms with E-state index in [9.17, 15) is 9.59 Å². The summed E-state index contributed by atoms with van der Waals surface area (Å²) >= 11 is 0. The molecule has 4 heterocycles. The Hall–Kier alpha value is -3.92. The molecule has 2 amide bonds. The zero-order valence-corrected chi connectivity index (χ0v) is 24.4. The number of nitrogens with zero attached hydrogens (tertiary/aromatic N) is 5. The zero-order valence-electron chi connectivity index (χ0n) is 24.4. The number of piperidine rings is 1. The molecule has 1 aliphatic carbocycles. The number of aromatic nitrogens is 4. The van der Waals surface area contributed by atoms with Crippen LogP contribution in [0.15, 0.2) is 42.6 Å². The van der Waals surface area contributed by atoms with Gasteiger partial charge >= 0.3 is 6.09 Å². The van der Waals surface area contributed by atoms with Gasteiger partial charge in [0.25, 0.3) is 5.91 Å². The minimum atomic E-state index is -0.615. The van der Waals surface area contributed by atoms with Crippen LogP contribution in [0, 0.1) is 5.92 Å². The summed E-state index contributed by atoms with van der Waals surface area (Å²) < 4.78 is 15.4. The van der Waals surface area contributed by atoms with Crippen LogP contribution >= 0.6 is 0 Å². The van der Waals surface area contributed by atoms with Gasteiger partial charge in [0, 0.05) is 50.9 Å². The number of nitrogens with one attached hydrogen (secondary N) is 1. The number of carbonyl (C=O) groups is 2. The third kappa shape index (κ3) is 5.53. The number of likely N-dealkylation sites (tertiary alicyclic amines) is 1. The number of amides is 2. The monoisotopic (exact) mass is 558 g/mol. The SMILES string of the molecule is CO[C@H]1CCN(C(=O)c2ccc3c(c2)nc(-c2cc4cccnc4n2CC2CC2)n3C)C[C@H]1NC(=O)OC(C)(C)C. The van der Waals surface area contributed by atoms with E-state index in [1.165, 1.54) is 12.8 Å². The Morgan fingerprint density at radius 3 is 2.66 bits per heavy atom. The van der Waals surface area contributed by atoms with Crippen molar-refractivity contribution in [3.05, 3.63) is 48.2 Å². The van der Waals surface area contributed by atoms with Crippen LogP contribution in [0.25, 0.3) is 33.6 Å². The van der Waals surface area contributed by atoms with Crippen LogP contribution < -0.4 is 5.32 Å². The van der Waals surface area contributed by atoms with Crippen molar-refractivity contribution >= 4 is 34.1 Å². The van der Waals surface area contributed by atoms with Crippen molar-refractivity contribution in [2.75, 3.05) is 20.2 Å². The number of hydrogen-bond donors (Lipinski definition) is 1. The minimum absolute atomic E-state index is 0.100. The standard InChI is InChI=1S/C31H38N6O4/c1-31(2,3)41-30(39)34-23-18-36(14-12-26(23)40-5)29(38)21-10-11-24-22(15-21)33-28(35(24)4)25-16-20-7-6-13-32-27(20)37(25)17-19-8-9-19/h6-7,10-11,13,15-16,19,23,26H,8-9,12,14,17-18H2,1-5H3,(H,34,39)/t23-,26+/m1/s1. The maximum absolute atomic E-state index is 13.7. The number of pyridine rings is 1. The van der Waals surface area contributed by atoms with Crippen LogP contribution in [0.2, 0.25) is 0 Å². The molecular formula is C31H38N6O4. The Bertz CT molecular complexity index is 1610. The first kappa shape index (κ1) is 27.3. The molecule has 0 bridgehead atoms. The van der Waals surface area contributed by atoms with E-state index in [2.05, 4.69) is 31.6 Å². The van der Waals surface area contributed by atoms with E-state index in [4.69, 9.17) is 14.5 Å². The van der Waals surface area contributed by atoms with Crippen LogP contribution in [0.4, 0.5) is 4.79 Å². The second-order valence-electron chi connectivity index (χ2n) is 12.3. The second-order valence-corrected chi connectivity index (χ2v) is 12.3. The Morgan fingerprint density at radius 2 is 1.93 bits per heavy atom. The van der Waals surface area contributed by atoms with Crippen LogP contribution in [-0.4, -0.2) is 73.9 Å². The number of methoxy groups -OCH3 is 1. The maximum Gasteiger partial charge on any atom is 0.408 e. The summed E-state index contributed by atoms with van der Waals surface area (Å²) in [4.78, 5) is 37.6. The van der Waals surface area contributed by atoms with Crippen molar-refractivity contribution in [2.45, 2.75) is 64.3 Å². The Labute approximate surface area is 239 Å². The fourth-order valence-electron chi connectivity index (χ4n) is 5.75. The van der Waals surface area contributed by atoms with Crippen LogP contribution in [0.5, 0.6) is 0 Å². The first-order chi connectivity index (χ1) is 19.6. The molecule has 0 unspecified atom stereocenters. The number of imidazole rings is 1. The molecule has 1 aliphatic heterocycles. The van der Waals surface area contributed by atoms with E-state index in [0.717, 1.165) is 40.1 Å². The van der Waals surface area contributed by atoms with Crippen LogP contribution in [-0.2, 0) is 23.1 Å². The number of hydrogen-bond acceptors (Lipinski definition) is 6. The maximum atomic E-state index is 13.7. The molecule has 6 rings (SSSR count). The molecule has 0 radical (unpaired) electrons. The van der Waals surface area contributed by atoms with E-state index in [1.54, 1.807) is 12.0 Å². The third-order valence-electron chi connectivity index (χ3n) is 7.99. The van der Waals surface area contributed by atoms with Gasteiger partial charge in [0.15, 0.2) is 5.82 Å². The summed E-state index contributed by atoms with van der Waals surface area (Å²) in [6.07, 6.45) is 4.22. The van der Waals surface area contributed by atoms with Crippen molar-refractivity contribution in [1.82, 2.24) is 29.3 Å². The summed E-state index contributed by atoms with van der Waals surface area (Å²) in [5.74, 6) is 1.43. The quantitative estimate of drug-likeness (QED) is 0.366. The molecule has 2 aliphatic rings. The summed E-state index contributed by atoms with van der Waals surface area (Å²) in [6.45, 7) is 7.25. The van der Waals surface area contributed by atoms with Gasteiger partial charge in [-0.2, -0.15) is 0 Å². The molecule has 2 atom stereocenters. The first-order valence-electron chi connectivity index (χ1n) is 14.3. The fourth-order valence-corrected chi connectivity index (χ4v) is 5.75. The van der Waals surface area contributed by atoms with Gasteiger partial charge in [-0.3, -0.25) is 4.79 Å². The van der Waals surface area contributed by atoms with E-state index in [0.29, 0.717) is 31.0 Å². The van der Waals surface area contributed by atoms with Gasteiger partial charge in [0.1, 0.15) is 11.2 Å². The van der Waals surface area contributed by atoms with Crippen molar-refractivity contribution in [1.29, 1.82) is 0 Å². The molecule has 1 saturated carbocycles. The molecule has 41 heavy (non-hydrogen) atoms. The van der Waals surface area contributed by atoms with Crippen LogP contribution in [0.3, 0.4) is 0 Å². The average Bonchev–Trinajstić information content (AvgIpc) is 3.60. The fraction of sp³-hybridized carbons (Fsp3) is 0.484. The lowest BCUT2D eigenvalue weighted by molar-refractivity contribution is 0.00320. The molecule has 2 fully saturated rings. The van der Waals surface area contributed by atoms with E-state index >= 15 is 0 Å².